The number of amides is 2. The quantitative estimate of drug-likeness (QED) is 0.105. The van der Waals surface area contributed by atoms with Crippen molar-refractivity contribution in [1.29, 1.82) is 0 Å². The molecule has 40 heavy (non-hydrogen) atoms. The summed E-state index contributed by atoms with van der Waals surface area (Å²) in [6, 6.07) is 0. The smallest absolute Gasteiger partial charge is 0.333 e. The second kappa shape index (κ2) is 19.8. The maximum Gasteiger partial charge on any atom is 0.333 e. The molecule has 0 saturated heterocycles. The number of rotatable bonds is 18. The zero-order valence-electron chi connectivity index (χ0n) is 23.2. The van der Waals surface area contributed by atoms with Gasteiger partial charge in [0.05, 0.1) is 26.2 Å². The van der Waals surface area contributed by atoms with Crippen molar-refractivity contribution in [2.75, 3.05) is 52.6 Å². The van der Waals surface area contributed by atoms with Crippen LogP contribution in [0.4, 0.5) is 0 Å². The third kappa shape index (κ3) is 15.9. The minimum absolute atomic E-state index is 0. The van der Waals surface area contributed by atoms with Crippen molar-refractivity contribution in [3.8, 4) is 0 Å². The summed E-state index contributed by atoms with van der Waals surface area (Å²) in [6.45, 7) is 18.7. The van der Waals surface area contributed by atoms with Crippen LogP contribution in [-0.2, 0) is 47.7 Å². The fraction of sp³-hybridized carbons (Fsp3) is 0.500. The van der Waals surface area contributed by atoms with Crippen LogP contribution in [0.15, 0.2) is 48.6 Å². The molecule has 0 aliphatic rings. The molecule has 0 unspecified atom stereocenters. The molecule has 0 aromatic heterocycles. The molecule has 12 nitrogen and oxygen atoms in total. The van der Waals surface area contributed by atoms with E-state index >= 15 is 0 Å². The van der Waals surface area contributed by atoms with E-state index in [1.165, 1.54) is 37.5 Å². The van der Waals surface area contributed by atoms with Crippen molar-refractivity contribution >= 4 is 35.7 Å². The Morgan fingerprint density at radius 1 is 0.475 bits per heavy atom. The first kappa shape index (κ1) is 37.9. The molecule has 0 bridgehead atoms. The number of hydrogen-bond acceptors (Lipinski definition) is 10. The minimum atomic E-state index is -0.646. The molecule has 0 fully saturated rings. The van der Waals surface area contributed by atoms with Gasteiger partial charge in [0.15, 0.2) is 0 Å². The van der Waals surface area contributed by atoms with Crippen molar-refractivity contribution in [3.63, 3.8) is 0 Å². The molecule has 12 heteroatoms. The molecule has 224 valence electrons. The van der Waals surface area contributed by atoms with E-state index in [1.54, 1.807) is 0 Å². The molecule has 0 heterocycles. The van der Waals surface area contributed by atoms with E-state index in [2.05, 4.69) is 26.3 Å². The van der Waals surface area contributed by atoms with E-state index in [-0.39, 0.29) is 82.3 Å². The maximum absolute atomic E-state index is 13.0. The van der Waals surface area contributed by atoms with Crippen LogP contribution in [-0.4, -0.2) is 98.1 Å². The average molecular weight is 567 g/mol. The van der Waals surface area contributed by atoms with Gasteiger partial charge in [-0.25, -0.2) is 19.2 Å². The van der Waals surface area contributed by atoms with Gasteiger partial charge >= 0.3 is 23.9 Å². The summed E-state index contributed by atoms with van der Waals surface area (Å²) in [4.78, 5) is 75.1. The van der Waals surface area contributed by atoms with E-state index in [0.29, 0.717) is 0 Å². The standard InChI is InChI=1S/C27H38N2O10.CH4/c1-18(2)24(32)36-13-9-28(10-14-37-25(33)19(3)4)22(30)17-23(31)29(11-15-38-26(34)20(5)6)12-16-39-27(35)21(7)8;/h1,3,5,7,9-17H2,2,4,6,8H3;1H4. The van der Waals surface area contributed by atoms with Gasteiger partial charge in [0, 0.05) is 22.3 Å². The summed E-state index contributed by atoms with van der Waals surface area (Å²) in [5, 5.41) is 0. The molecule has 0 radical (unpaired) electrons. The Morgan fingerprint density at radius 3 is 0.850 bits per heavy atom. The minimum Gasteiger partial charge on any atom is -0.460 e. The maximum atomic E-state index is 13.0. The van der Waals surface area contributed by atoms with E-state index in [4.69, 9.17) is 18.9 Å². The van der Waals surface area contributed by atoms with Crippen molar-refractivity contribution in [2.45, 2.75) is 41.5 Å². The van der Waals surface area contributed by atoms with Gasteiger partial charge in [-0.1, -0.05) is 33.7 Å². The van der Waals surface area contributed by atoms with E-state index in [1.807, 2.05) is 0 Å². The van der Waals surface area contributed by atoms with Crippen LogP contribution >= 0.6 is 0 Å². The highest BCUT2D eigenvalue weighted by atomic mass is 16.5. The lowest BCUT2D eigenvalue weighted by atomic mass is 10.3. The molecule has 0 atom stereocenters. The number of ether oxygens (including phenoxy) is 4. The van der Waals surface area contributed by atoms with Crippen LogP contribution in [0, 0.1) is 0 Å². The third-order valence-electron chi connectivity index (χ3n) is 4.78. The molecule has 0 aliphatic heterocycles. The summed E-state index contributed by atoms with van der Waals surface area (Å²) in [5.41, 5.74) is 0.699. The number of carbonyl (C=O) groups is 6. The number of nitrogens with zero attached hydrogens (tertiary/aromatic N) is 2. The average Bonchev–Trinajstić information content (AvgIpc) is 2.85. The number of esters is 4. The summed E-state index contributed by atoms with van der Waals surface area (Å²) >= 11 is 0. The largest absolute Gasteiger partial charge is 0.460 e. The predicted octanol–water partition coefficient (Wildman–Crippen LogP) is 2.15. The Hall–Kier alpha value is -4.22. The normalized spacial score (nSPS) is 9.70. The fourth-order valence-corrected chi connectivity index (χ4v) is 2.56. The number of carbonyl (C=O) groups excluding carboxylic acids is 6. The molecular formula is C28H42N2O10. The van der Waals surface area contributed by atoms with Crippen molar-refractivity contribution in [2.24, 2.45) is 0 Å². The lowest BCUT2D eigenvalue weighted by Gasteiger charge is -2.26. The topological polar surface area (TPSA) is 146 Å². The second-order valence-electron chi connectivity index (χ2n) is 8.60. The Kier molecular flexibility index (Phi) is 18.8. The lowest BCUT2D eigenvalue weighted by molar-refractivity contribution is -0.148. The Balaban J connectivity index is 0. The zero-order chi connectivity index (χ0) is 30.1. The Bertz CT molecular complexity index is 857. The second-order valence-corrected chi connectivity index (χ2v) is 8.60. The highest BCUT2D eigenvalue weighted by molar-refractivity contribution is 5.97. The van der Waals surface area contributed by atoms with Crippen molar-refractivity contribution < 1.29 is 47.7 Å². The van der Waals surface area contributed by atoms with Crippen LogP contribution in [0.25, 0.3) is 0 Å². The van der Waals surface area contributed by atoms with E-state index in [0.717, 1.165) is 0 Å². The third-order valence-corrected chi connectivity index (χ3v) is 4.78. The van der Waals surface area contributed by atoms with Gasteiger partial charge in [0.1, 0.15) is 32.8 Å². The van der Waals surface area contributed by atoms with E-state index in [9.17, 15) is 28.8 Å². The van der Waals surface area contributed by atoms with E-state index < -0.39 is 42.1 Å². The number of hydrogen-bond donors (Lipinski definition) is 0. The molecule has 0 rings (SSSR count). The summed E-state index contributed by atoms with van der Waals surface area (Å²) in [6.07, 6.45) is -0.605. The molecule has 0 N–H and O–H groups in total. The van der Waals surface area contributed by atoms with Gasteiger partial charge in [-0.05, 0) is 27.7 Å². The van der Waals surface area contributed by atoms with Gasteiger partial charge in [-0.3, -0.25) is 9.59 Å². The van der Waals surface area contributed by atoms with Crippen molar-refractivity contribution in [3.05, 3.63) is 48.6 Å². The predicted molar refractivity (Wildman–Crippen MR) is 148 cm³/mol. The molecule has 2 amide bonds. The molecule has 0 aromatic carbocycles. The summed E-state index contributed by atoms with van der Waals surface area (Å²) in [7, 11) is 0. The van der Waals surface area contributed by atoms with Gasteiger partial charge in [-0.2, -0.15) is 0 Å². The molecule has 0 aromatic rings. The van der Waals surface area contributed by atoms with Gasteiger partial charge in [-0.15, -0.1) is 0 Å². The highest BCUT2D eigenvalue weighted by Crippen LogP contribution is 2.04. The first-order valence-electron chi connectivity index (χ1n) is 12.0. The van der Waals surface area contributed by atoms with Crippen molar-refractivity contribution in [1.82, 2.24) is 9.80 Å². The summed E-state index contributed by atoms with van der Waals surface area (Å²) in [5.74, 6) is -3.86. The van der Waals surface area contributed by atoms with Gasteiger partial charge < -0.3 is 28.7 Å². The van der Waals surface area contributed by atoms with Crippen LogP contribution in [0.2, 0.25) is 0 Å². The van der Waals surface area contributed by atoms with Gasteiger partial charge in [0.25, 0.3) is 0 Å². The van der Waals surface area contributed by atoms with Crippen LogP contribution in [0.3, 0.4) is 0 Å². The lowest BCUT2D eigenvalue weighted by Crippen LogP contribution is -2.43. The molecular weight excluding hydrogens is 524 g/mol. The molecule has 0 spiro atoms. The van der Waals surface area contributed by atoms with Gasteiger partial charge in [0.2, 0.25) is 11.8 Å². The van der Waals surface area contributed by atoms with Crippen LogP contribution < -0.4 is 0 Å². The monoisotopic (exact) mass is 566 g/mol. The first-order chi connectivity index (χ1) is 18.2. The molecule has 0 saturated carbocycles. The van der Waals surface area contributed by atoms with Crippen LogP contribution in [0.5, 0.6) is 0 Å². The Morgan fingerprint density at radius 2 is 0.675 bits per heavy atom. The SMILES string of the molecule is C.C=C(C)C(=O)OCCN(CCOC(=O)C(=C)C)C(=O)CC(=O)N(CCOC(=O)C(=C)C)CCOC(=O)C(=C)C. The Labute approximate surface area is 236 Å². The van der Waals surface area contributed by atoms with Crippen LogP contribution in [0.1, 0.15) is 41.5 Å². The highest BCUT2D eigenvalue weighted by Gasteiger charge is 2.23. The summed E-state index contributed by atoms with van der Waals surface area (Å²) < 4.78 is 20.1. The zero-order valence-corrected chi connectivity index (χ0v) is 23.2. The first-order valence-corrected chi connectivity index (χ1v) is 12.0. The molecule has 0 aliphatic carbocycles. The fourth-order valence-electron chi connectivity index (χ4n) is 2.56.